The summed E-state index contributed by atoms with van der Waals surface area (Å²) in [5.41, 5.74) is 1.46. The van der Waals surface area contributed by atoms with Crippen LogP contribution in [0.1, 0.15) is 21.6 Å². The number of aryl methyl sites for hydroxylation is 1. The molecule has 0 saturated heterocycles. The third-order valence-corrected chi connectivity index (χ3v) is 5.32. The smallest absolute Gasteiger partial charge is 0.261 e. The normalized spacial score (nSPS) is 11.2. The van der Waals surface area contributed by atoms with Crippen molar-refractivity contribution in [3.05, 3.63) is 88.7 Å². The van der Waals surface area contributed by atoms with Crippen LogP contribution in [0.25, 0.3) is 0 Å². The number of rotatable bonds is 5. The van der Waals surface area contributed by atoms with E-state index in [0.29, 0.717) is 5.02 Å². The van der Waals surface area contributed by atoms with E-state index in [1.54, 1.807) is 30.3 Å². The van der Waals surface area contributed by atoms with Crippen molar-refractivity contribution in [1.82, 2.24) is 4.98 Å². The topological polar surface area (TPSA) is 76.1 Å². The van der Waals surface area contributed by atoms with Gasteiger partial charge < -0.3 is 0 Å². The first-order valence-corrected chi connectivity index (χ1v) is 9.58. The van der Waals surface area contributed by atoms with Crippen molar-refractivity contribution >= 4 is 33.1 Å². The average molecular weight is 387 g/mol. The summed E-state index contributed by atoms with van der Waals surface area (Å²) in [6.45, 7) is 1.87. The summed E-state index contributed by atoms with van der Waals surface area (Å²) >= 11 is 5.91. The Bertz CT molecular complexity index is 1060. The van der Waals surface area contributed by atoms with Crippen LogP contribution >= 0.6 is 11.6 Å². The zero-order chi connectivity index (χ0) is 18.7. The summed E-state index contributed by atoms with van der Waals surface area (Å²) in [6, 6.07) is 15.8. The lowest BCUT2D eigenvalue weighted by atomic mass is 10.1. The fraction of sp³-hybridized carbons (Fsp3) is 0.0526. The summed E-state index contributed by atoms with van der Waals surface area (Å²) in [7, 11) is -3.83. The molecule has 1 aromatic heterocycles. The molecule has 1 heterocycles. The van der Waals surface area contributed by atoms with Crippen LogP contribution in [0.4, 0.5) is 5.69 Å². The van der Waals surface area contributed by atoms with Gasteiger partial charge in [-0.3, -0.25) is 14.5 Å². The Labute approximate surface area is 156 Å². The summed E-state index contributed by atoms with van der Waals surface area (Å²) in [4.78, 5) is 16.9. The lowest BCUT2D eigenvalue weighted by Gasteiger charge is -2.12. The molecular formula is C19H15ClN2O3S. The van der Waals surface area contributed by atoms with Crippen molar-refractivity contribution in [2.24, 2.45) is 0 Å². The molecule has 0 aliphatic rings. The molecule has 0 saturated carbocycles. The third-order valence-electron chi connectivity index (χ3n) is 3.70. The highest BCUT2D eigenvalue weighted by molar-refractivity contribution is 7.92. The van der Waals surface area contributed by atoms with E-state index in [2.05, 4.69) is 9.71 Å². The van der Waals surface area contributed by atoms with Crippen molar-refractivity contribution in [1.29, 1.82) is 0 Å². The minimum atomic E-state index is -3.83. The van der Waals surface area contributed by atoms with Gasteiger partial charge in [0.05, 0.1) is 10.6 Å². The fourth-order valence-corrected chi connectivity index (χ4v) is 3.60. The maximum atomic E-state index is 12.7. The van der Waals surface area contributed by atoms with Gasteiger partial charge in [-0.05, 0) is 43.3 Å². The van der Waals surface area contributed by atoms with Gasteiger partial charge in [0.15, 0.2) is 0 Å². The predicted molar refractivity (Wildman–Crippen MR) is 101 cm³/mol. The molecule has 0 aliphatic heterocycles. The number of ketones is 1. The molecule has 0 bridgehead atoms. The zero-order valence-corrected chi connectivity index (χ0v) is 15.4. The molecule has 5 nitrogen and oxygen atoms in total. The molecule has 26 heavy (non-hydrogen) atoms. The number of sulfonamides is 1. The monoisotopic (exact) mass is 386 g/mol. The standard InChI is InChI=1S/C19H15ClN2O3S/c1-13-6-8-15(9-7-13)26(24,25)22-17-5-3-2-4-16(17)19(23)18-12-14(20)10-11-21-18/h2-12,22H,1H3. The van der Waals surface area contributed by atoms with E-state index in [9.17, 15) is 13.2 Å². The predicted octanol–water partition coefficient (Wildman–Crippen LogP) is 4.08. The third kappa shape index (κ3) is 3.92. The summed E-state index contributed by atoms with van der Waals surface area (Å²) in [5, 5.41) is 0.376. The highest BCUT2D eigenvalue weighted by atomic mass is 35.5. The van der Waals surface area contributed by atoms with Crippen LogP contribution in [-0.2, 0) is 10.0 Å². The van der Waals surface area contributed by atoms with Gasteiger partial charge in [-0.25, -0.2) is 8.42 Å². The van der Waals surface area contributed by atoms with Gasteiger partial charge in [-0.2, -0.15) is 0 Å². The fourth-order valence-electron chi connectivity index (χ4n) is 2.36. The second-order valence-electron chi connectivity index (χ2n) is 5.65. The number of benzene rings is 2. The van der Waals surface area contributed by atoms with Crippen LogP contribution in [-0.4, -0.2) is 19.2 Å². The summed E-state index contributed by atoms with van der Waals surface area (Å²) in [6.07, 6.45) is 1.43. The Morgan fingerprint density at radius 3 is 2.42 bits per heavy atom. The van der Waals surface area contributed by atoms with E-state index in [-0.39, 0.29) is 21.8 Å². The number of nitrogens with one attached hydrogen (secondary N) is 1. The zero-order valence-electron chi connectivity index (χ0n) is 13.8. The molecule has 0 amide bonds. The number of hydrogen-bond acceptors (Lipinski definition) is 4. The SMILES string of the molecule is Cc1ccc(S(=O)(=O)Nc2ccccc2C(=O)c2cc(Cl)ccn2)cc1. The van der Waals surface area contributed by atoms with Crippen LogP contribution in [0.2, 0.25) is 5.02 Å². The molecule has 0 unspecified atom stereocenters. The van der Waals surface area contributed by atoms with Crippen LogP contribution < -0.4 is 4.72 Å². The Kier molecular flexibility index (Phi) is 5.06. The molecule has 0 spiro atoms. The van der Waals surface area contributed by atoms with E-state index < -0.39 is 15.8 Å². The highest BCUT2D eigenvalue weighted by Gasteiger charge is 2.20. The number of carbonyl (C=O) groups excluding carboxylic acids is 1. The van der Waals surface area contributed by atoms with E-state index in [1.807, 2.05) is 6.92 Å². The van der Waals surface area contributed by atoms with Gasteiger partial charge in [-0.1, -0.05) is 41.4 Å². The van der Waals surface area contributed by atoms with Gasteiger partial charge in [0, 0.05) is 16.8 Å². The Hall–Kier alpha value is -2.70. The number of hydrogen-bond donors (Lipinski definition) is 1. The molecule has 132 valence electrons. The maximum Gasteiger partial charge on any atom is 0.261 e. The van der Waals surface area contributed by atoms with Crippen LogP contribution in [0, 0.1) is 6.92 Å². The molecule has 1 N–H and O–H groups in total. The van der Waals surface area contributed by atoms with Crippen LogP contribution in [0.3, 0.4) is 0 Å². The number of anilines is 1. The van der Waals surface area contributed by atoms with Gasteiger partial charge >= 0.3 is 0 Å². The number of pyridine rings is 1. The Balaban J connectivity index is 1.97. The number of carbonyl (C=O) groups is 1. The van der Waals surface area contributed by atoms with Gasteiger partial charge in [0.25, 0.3) is 10.0 Å². The quantitative estimate of drug-likeness (QED) is 0.670. The van der Waals surface area contributed by atoms with E-state index in [1.165, 1.54) is 36.5 Å². The van der Waals surface area contributed by atoms with Crippen molar-refractivity contribution in [3.63, 3.8) is 0 Å². The summed E-state index contributed by atoms with van der Waals surface area (Å²) in [5.74, 6) is -0.422. The first-order valence-electron chi connectivity index (χ1n) is 7.71. The average Bonchev–Trinajstić information content (AvgIpc) is 2.62. The molecule has 3 rings (SSSR count). The number of nitrogens with zero attached hydrogens (tertiary/aromatic N) is 1. The molecular weight excluding hydrogens is 372 g/mol. The lowest BCUT2D eigenvalue weighted by Crippen LogP contribution is -2.16. The Morgan fingerprint density at radius 1 is 1.04 bits per heavy atom. The molecule has 0 radical (unpaired) electrons. The van der Waals surface area contributed by atoms with Crippen molar-refractivity contribution in [3.8, 4) is 0 Å². The first-order chi connectivity index (χ1) is 12.4. The van der Waals surface area contributed by atoms with E-state index in [0.717, 1.165) is 5.56 Å². The second-order valence-corrected chi connectivity index (χ2v) is 7.77. The Morgan fingerprint density at radius 2 is 1.73 bits per heavy atom. The van der Waals surface area contributed by atoms with Crippen molar-refractivity contribution < 1.29 is 13.2 Å². The van der Waals surface area contributed by atoms with Gasteiger partial charge in [0.2, 0.25) is 5.78 Å². The number of halogens is 1. The number of para-hydroxylation sites is 1. The molecule has 3 aromatic rings. The second kappa shape index (κ2) is 7.27. The largest absolute Gasteiger partial charge is 0.287 e. The molecule has 7 heteroatoms. The van der Waals surface area contributed by atoms with Gasteiger partial charge in [-0.15, -0.1) is 0 Å². The highest BCUT2D eigenvalue weighted by Crippen LogP contribution is 2.23. The molecule has 2 aromatic carbocycles. The minimum Gasteiger partial charge on any atom is -0.287 e. The lowest BCUT2D eigenvalue weighted by molar-refractivity contribution is 0.103. The first kappa shape index (κ1) is 18.1. The van der Waals surface area contributed by atoms with Crippen LogP contribution in [0.5, 0.6) is 0 Å². The van der Waals surface area contributed by atoms with E-state index in [4.69, 9.17) is 11.6 Å². The maximum absolute atomic E-state index is 12.7. The molecule has 0 atom stereocenters. The molecule has 0 fully saturated rings. The minimum absolute atomic E-state index is 0.117. The summed E-state index contributed by atoms with van der Waals surface area (Å²) < 4.78 is 27.7. The van der Waals surface area contributed by atoms with E-state index >= 15 is 0 Å². The van der Waals surface area contributed by atoms with Crippen molar-refractivity contribution in [2.75, 3.05) is 4.72 Å². The van der Waals surface area contributed by atoms with Crippen molar-refractivity contribution in [2.45, 2.75) is 11.8 Å². The number of aromatic nitrogens is 1. The molecule has 0 aliphatic carbocycles. The van der Waals surface area contributed by atoms with Gasteiger partial charge in [0.1, 0.15) is 5.69 Å². The van der Waals surface area contributed by atoms with Crippen LogP contribution in [0.15, 0.2) is 71.8 Å².